The van der Waals surface area contributed by atoms with E-state index in [1.807, 2.05) is 20.8 Å². The zero-order chi connectivity index (χ0) is 12.1. The topological polar surface area (TPSA) is 61.0 Å². The van der Waals surface area contributed by atoms with Gasteiger partial charge in [0.1, 0.15) is 0 Å². The minimum atomic E-state index is -0.312. The Bertz CT molecular complexity index is 394. The van der Waals surface area contributed by atoms with Crippen molar-refractivity contribution >= 4 is 6.08 Å². The third-order valence-corrected chi connectivity index (χ3v) is 2.22. The number of aryl methyl sites for hydroxylation is 1. The summed E-state index contributed by atoms with van der Waals surface area (Å²) in [6.07, 6.45) is 3.74. The molecule has 0 bridgehead atoms. The van der Waals surface area contributed by atoms with Gasteiger partial charge >= 0.3 is 0 Å². The van der Waals surface area contributed by atoms with Crippen LogP contribution in [0.1, 0.15) is 32.9 Å². The molecular weight excluding hydrogens is 206 g/mol. The molecule has 1 aromatic rings. The van der Waals surface area contributed by atoms with Crippen molar-refractivity contribution in [1.82, 2.24) is 9.78 Å². The van der Waals surface area contributed by atoms with Crippen LogP contribution in [-0.2, 0) is 6.54 Å². The van der Waals surface area contributed by atoms with Gasteiger partial charge in [0.05, 0.1) is 10.6 Å². The molecule has 1 heterocycles. The van der Waals surface area contributed by atoms with Crippen LogP contribution in [0.2, 0.25) is 0 Å². The fourth-order valence-electron chi connectivity index (χ4n) is 1.50. The summed E-state index contributed by atoms with van der Waals surface area (Å²) in [5.41, 5.74) is 1.03. The highest BCUT2D eigenvalue weighted by Gasteiger charge is 2.14. The third-order valence-electron chi connectivity index (χ3n) is 2.22. The van der Waals surface area contributed by atoms with E-state index in [2.05, 4.69) is 5.10 Å². The molecule has 0 saturated heterocycles. The molecule has 0 fully saturated rings. The molecular formula is C11H17N3O2. The van der Waals surface area contributed by atoms with Crippen LogP contribution in [0.25, 0.3) is 6.08 Å². The first-order valence-electron chi connectivity index (χ1n) is 5.41. The Kier molecular flexibility index (Phi) is 4.22. The van der Waals surface area contributed by atoms with Crippen molar-refractivity contribution in [3.8, 4) is 0 Å². The van der Waals surface area contributed by atoms with Crippen molar-refractivity contribution in [2.45, 2.75) is 33.7 Å². The molecule has 1 aromatic heterocycles. The van der Waals surface area contributed by atoms with Gasteiger partial charge in [-0.15, -0.1) is 0 Å². The number of hydrogen-bond donors (Lipinski definition) is 0. The second-order valence-electron chi connectivity index (χ2n) is 4.06. The molecule has 0 saturated carbocycles. The van der Waals surface area contributed by atoms with E-state index in [1.165, 1.54) is 0 Å². The van der Waals surface area contributed by atoms with E-state index in [1.54, 1.807) is 23.0 Å². The summed E-state index contributed by atoms with van der Waals surface area (Å²) in [5, 5.41) is 14.9. The highest BCUT2D eigenvalue weighted by atomic mass is 16.6. The zero-order valence-corrected chi connectivity index (χ0v) is 9.88. The van der Waals surface area contributed by atoms with E-state index in [9.17, 15) is 10.1 Å². The average molecular weight is 223 g/mol. The van der Waals surface area contributed by atoms with Gasteiger partial charge < -0.3 is 0 Å². The van der Waals surface area contributed by atoms with Crippen LogP contribution in [0.15, 0.2) is 18.0 Å². The first kappa shape index (κ1) is 12.4. The normalized spacial score (nSPS) is 12.1. The summed E-state index contributed by atoms with van der Waals surface area (Å²) in [6, 6.07) is 1.79. The molecule has 0 unspecified atom stereocenters. The molecule has 0 aromatic carbocycles. The van der Waals surface area contributed by atoms with Gasteiger partial charge in [-0.2, -0.15) is 5.10 Å². The Morgan fingerprint density at radius 1 is 1.69 bits per heavy atom. The first-order chi connectivity index (χ1) is 7.54. The minimum absolute atomic E-state index is 0.241. The number of aromatic nitrogens is 2. The number of allylic oxidation sites excluding steroid dienone is 1. The van der Waals surface area contributed by atoms with Crippen molar-refractivity contribution < 1.29 is 4.92 Å². The van der Waals surface area contributed by atoms with Crippen molar-refractivity contribution in [3.63, 3.8) is 0 Å². The van der Waals surface area contributed by atoms with Crippen LogP contribution in [0, 0.1) is 16.0 Å². The smallest absolute Gasteiger partial charge is 0.248 e. The lowest BCUT2D eigenvalue weighted by Gasteiger charge is -2.03. The summed E-state index contributed by atoms with van der Waals surface area (Å²) in [4.78, 5) is 10.6. The molecule has 5 nitrogen and oxygen atoms in total. The Labute approximate surface area is 94.9 Å². The van der Waals surface area contributed by atoms with Crippen LogP contribution < -0.4 is 0 Å². The largest absolute Gasteiger partial charge is 0.266 e. The van der Waals surface area contributed by atoms with E-state index in [0.29, 0.717) is 13.0 Å². The van der Waals surface area contributed by atoms with Crippen molar-refractivity contribution in [3.05, 3.63) is 33.8 Å². The molecule has 0 N–H and O–H groups in total. The molecule has 16 heavy (non-hydrogen) atoms. The molecule has 0 atom stereocenters. The van der Waals surface area contributed by atoms with E-state index < -0.39 is 0 Å². The van der Waals surface area contributed by atoms with Crippen LogP contribution in [0.4, 0.5) is 0 Å². The maximum Gasteiger partial charge on any atom is 0.248 e. The van der Waals surface area contributed by atoms with E-state index in [0.717, 1.165) is 5.69 Å². The van der Waals surface area contributed by atoms with E-state index in [-0.39, 0.29) is 16.5 Å². The standard InChI is InChI=1S/C11H17N3O2/c1-4-13-10(5-6-12-13)8-11(14(15)16)7-9(2)3/h5-6,8-9H,4,7H2,1-3H3/b11-8-. The van der Waals surface area contributed by atoms with Gasteiger partial charge in [-0.25, -0.2) is 0 Å². The van der Waals surface area contributed by atoms with Crippen LogP contribution in [0.5, 0.6) is 0 Å². The Hall–Kier alpha value is -1.65. The van der Waals surface area contributed by atoms with Gasteiger partial charge in [0.15, 0.2) is 0 Å². The summed E-state index contributed by atoms with van der Waals surface area (Å²) >= 11 is 0. The highest BCUT2D eigenvalue weighted by molar-refractivity contribution is 5.46. The molecule has 0 amide bonds. The van der Waals surface area contributed by atoms with Gasteiger partial charge in [0.25, 0.3) is 0 Å². The lowest BCUT2D eigenvalue weighted by molar-refractivity contribution is -0.427. The first-order valence-corrected chi connectivity index (χ1v) is 5.41. The quantitative estimate of drug-likeness (QED) is 0.569. The maximum absolute atomic E-state index is 10.9. The molecule has 1 rings (SSSR count). The minimum Gasteiger partial charge on any atom is -0.266 e. The van der Waals surface area contributed by atoms with Gasteiger partial charge in [-0.1, -0.05) is 13.8 Å². The van der Waals surface area contributed by atoms with Crippen LogP contribution in [-0.4, -0.2) is 14.7 Å². The predicted molar refractivity (Wildman–Crippen MR) is 62.3 cm³/mol. The SMILES string of the molecule is CCn1nccc1/C=C(/CC(C)C)[N+](=O)[O-]. The molecule has 0 radical (unpaired) electrons. The zero-order valence-electron chi connectivity index (χ0n) is 9.88. The molecule has 0 aliphatic rings. The van der Waals surface area contributed by atoms with Gasteiger partial charge in [-0.05, 0) is 18.9 Å². The highest BCUT2D eigenvalue weighted by Crippen LogP contribution is 2.15. The number of hydrogen-bond acceptors (Lipinski definition) is 3. The molecule has 0 aliphatic heterocycles. The van der Waals surface area contributed by atoms with Crippen LogP contribution >= 0.6 is 0 Å². The molecule has 88 valence electrons. The average Bonchev–Trinajstić information content (AvgIpc) is 2.63. The molecule has 0 spiro atoms. The third kappa shape index (κ3) is 3.18. The van der Waals surface area contributed by atoms with Crippen molar-refractivity contribution in [2.24, 2.45) is 5.92 Å². The Morgan fingerprint density at radius 3 is 2.88 bits per heavy atom. The second kappa shape index (κ2) is 5.44. The number of nitrogens with zero attached hydrogens (tertiary/aromatic N) is 3. The van der Waals surface area contributed by atoms with E-state index >= 15 is 0 Å². The fourth-order valence-corrected chi connectivity index (χ4v) is 1.50. The lowest BCUT2D eigenvalue weighted by atomic mass is 10.1. The Balaban J connectivity index is 2.97. The van der Waals surface area contributed by atoms with Crippen molar-refractivity contribution in [1.29, 1.82) is 0 Å². The van der Waals surface area contributed by atoms with Gasteiger partial charge in [0, 0.05) is 25.2 Å². The summed E-state index contributed by atoms with van der Waals surface area (Å²) in [6.45, 7) is 6.60. The van der Waals surface area contributed by atoms with Gasteiger partial charge in [0.2, 0.25) is 5.70 Å². The fraction of sp³-hybridized carbons (Fsp3) is 0.545. The lowest BCUT2D eigenvalue weighted by Crippen LogP contribution is -2.05. The monoisotopic (exact) mass is 223 g/mol. The Morgan fingerprint density at radius 2 is 2.38 bits per heavy atom. The summed E-state index contributed by atoms with van der Waals surface area (Å²) < 4.78 is 1.74. The van der Waals surface area contributed by atoms with E-state index in [4.69, 9.17) is 0 Å². The summed E-state index contributed by atoms with van der Waals surface area (Å²) in [5.74, 6) is 0.273. The second-order valence-corrected chi connectivity index (χ2v) is 4.06. The molecule has 0 aliphatic carbocycles. The number of rotatable bonds is 5. The number of nitro groups is 1. The van der Waals surface area contributed by atoms with Gasteiger partial charge in [-0.3, -0.25) is 14.8 Å². The molecule has 5 heteroatoms. The maximum atomic E-state index is 10.9. The predicted octanol–water partition coefficient (Wildman–Crippen LogP) is 2.57. The van der Waals surface area contributed by atoms with Crippen molar-refractivity contribution in [2.75, 3.05) is 0 Å². The van der Waals surface area contributed by atoms with Crippen LogP contribution in [0.3, 0.4) is 0 Å². The summed E-state index contributed by atoms with van der Waals surface area (Å²) in [7, 11) is 0.